The third-order valence-electron chi connectivity index (χ3n) is 5.69. The highest BCUT2D eigenvalue weighted by atomic mass is 19.1. The molecule has 2 amide bonds. The van der Waals surface area contributed by atoms with Gasteiger partial charge in [-0.1, -0.05) is 67.6 Å². The van der Waals surface area contributed by atoms with Gasteiger partial charge in [0.05, 0.1) is 0 Å². The largest absolute Gasteiger partial charge is 0.484 e. The third kappa shape index (κ3) is 7.67. The molecule has 0 spiro atoms. The first kappa shape index (κ1) is 25.9. The second-order valence-corrected chi connectivity index (χ2v) is 8.77. The van der Waals surface area contributed by atoms with Crippen molar-refractivity contribution in [2.75, 3.05) is 6.61 Å². The van der Waals surface area contributed by atoms with Crippen LogP contribution in [0.1, 0.15) is 37.5 Å². The van der Waals surface area contributed by atoms with Gasteiger partial charge in [0.25, 0.3) is 5.91 Å². The molecule has 184 valence electrons. The summed E-state index contributed by atoms with van der Waals surface area (Å²) in [4.78, 5) is 28.2. The summed E-state index contributed by atoms with van der Waals surface area (Å²) in [7, 11) is 0. The van der Waals surface area contributed by atoms with Gasteiger partial charge in [0.2, 0.25) is 5.91 Å². The van der Waals surface area contributed by atoms with Crippen LogP contribution in [0.25, 0.3) is 0 Å². The molecular formula is C29H33FN2O3. The van der Waals surface area contributed by atoms with Crippen LogP contribution in [-0.2, 0) is 29.0 Å². The van der Waals surface area contributed by atoms with Gasteiger partial charge in [0.15, 0.2) is 6.61 Å². The zero-order chi connectivity index (χ0) is 25.2. The lowest BCUT2D eigenvalue weighted by Crippen LogP contribution is -2.53. The monoisotopic (exact) mass is 476 g/mol. The molecule has 35 heavy (non-hydrogen) atoms. The summed E-state index contributed by atoms with van der Waals surface area (Å²) in [5, 5.41) is 2.92. The minimum atomic E-state index is -0.835. The fourth-order valence-electron chi connectivity index (χ4n) is 3.79. The number of nitrogens with one attached hydrogen (secondary N) is 1. The van der Waals surface area contributed by atoms with Crippen LogP contribution in [0.15, 0.2) is 78.9 Å². The molecule has 0 saturated carbocycles. The van der Waals surface area contributed by atoms with Crippen molar-refractivity contribution in [3.05, 3.63) is 101 Å². The Hall–Kier alpha value is -3.67. The molecule has 0 aliphatic rings. The summed E-state index contributed by atoms with van der Waals surface area (Å²) in [5.74, 6) is -0.551. The molecule has 0 unspecified atom stereocenters. The molecule has 0 saturated heterocycles. The number of rotatable bonds is 11. The quantitative estimate of drug-likeness (QED) is 0.427. The molecule has 0 aromatic heterocycles. The number of hydrogen-bond acceptors (Lipinski definition) is 3. The van der Waals surface area contributed by atoms with Crippen molar-refractivity contribution in [1.29, 1.82) is 0 Å². The summed E-state index contributed by atoms with van der Waals surface area (Å²) < 4.78 is 20.3. The molecule has 0 aliphatic carbocycles. The van der Waals surface area contributed by atoms with Crippen LogP contribution in [0.4, 0.5) is 4.39 Å². The van der Waals surface area contributed by atoms with Gasteiger partial charge in [-0.3, -0.25) is 9.59 Å². The maximum atomic E-state index is 14.6. The number of carbonyl (C=O) groups is 2. The number of amides is 2. The van der Waals surface area contributed by atoms with Gasteiger partial charge in [0, 0.05) is 24.6 Å². The smallest absolute Gasteiger partial charge is 0.261 e. The van der Waals surface area contributed by atoms with E-state index >= 15 is 0 Å². The Labute approximate surface area is 206 Å². The van der Waals surface area contributed by atoms with Crippen molar-refractivity contribution >= 4 is 11.8 Å². The van der Waals surface area contributed by atoms with E-state index in [-0.39, 0.29) is 25.1 Å². The number of nitrogens with zero attached hydrogens (tertiary/aromatic N) is 1. The van der Waals surface area contributed by atoms with E-state index in [2.05, 4.69) is 12.2 Å². The molecule has 1 atom stereocenters. The fraction of sp³-hybridized carbons (Fsp3) is 0.310. The molecule has 3 aromatic rings. The van der Waals surface area contributed by atoms with Crippen molar-refractivity contribution in [2.24, 2.45) is 0 Å². The molecular weight excluding hydrogens is 443 g/mol. The predicted octanol–water partition coefficient (Wildman–Crippen LogP) is 4.93. The second kappa shape index (κ2) is 12.7. The Kier molecular flexibility index (Phi) is 9.41. The van der Waals surface area contributed by atoms with E-state index in [0.29, 0.717) is 17.7 Å². The highest BCUT2D eigenvalue weighted by molar-refractivity contribution is 5.88. The maximum Gasteiger partial charge on any atom is 0.261 e. The van der Waals surface area contributed by atoms with Gasteiger partial charge in [-0.2, -0.15) is 0 Å². The van der Waals surface area contributed by atoms with Crippen LogP contribution in [0.5, 0.6) is 5.75 Å². The molecule has 1 N–H and O–H groups in total. The summed E-state index contributed by atoms with van der Waals surface area (Å²) in [6.45, 7) is 5.48. The van der Waals surface area contributed by atoms with Crippen LogP contribution in [0, 0.1) is 5.82 Å². The van der Waals surface area contributed by atoms with E-state index in [0.717, 1.165) is 17.5 Å². The summed E-state index contributed by atoms with van der Waals surface area (Å²) >= 11 is 0. The summed E-state index contributed by atoms with van der Waals surface area (Å²) in [5.41, 5.74) is 2.40. The van der Waals surface area contributed by atoms with Crippen LogP contribution in [-0.4, -0.2) is 35.4 Å². The Bertz CT molecular complexity index is 1100. The van der Waals surface area contributed by atoms with Crippen molar-refractivity contribution in [2.45, 2.75) is 52.2 Å². The van der Waals surface area contributed by atoms with Crippen molar-refractivity contribution in [1.82, 2.24) is 10.2 Å². The highest BCUT2D eigenvalue weighted by Gasteiger charge is 2.31. The first-order chi connectivity index (χ1) is 16.9. The zero-order valence-corrected chi connectivity index (χ0v) is 20.5. The Morgan fingerprint density at radius 2 is 1.57 bits per heavy atom. The van der Waals surface area contributed by atoms with E-state index in [1.165, 1.54) is 11.0 Å². The molecule has 0 aliphatic heterocycles. The Morgan fingerprint density at radius 1 is 0.914 bits per heavy atom. The van der Waals surface area contributed by atoms with Gasteiger partial charge in [0.1, 0.15) is 17.6 Å². The average Bonchev–Trinajstić information content (AvgIpc) is 2.86. The average molecular weight is 477 g/mol. The van der Waals surface area contributed by atoms with Gasteiger partial charge >= 0.3 is 0 Å². The molecule has 3 aromatic carbocycles. The first-order valence-corrected chi connectivity index (χ1v) is 12.0. The van der Waals surface area contributed by atoms with E-state index in [1.54, 1.807) is 18.2 Å². The lowest BCUT2D eigenvalue weighted by molar-refractivity contribution is -0.143. The lowest BCUT2D eigenvalue weighted by atomic mass is 10.0. The van der Waals surface area contributed by atoms with E-state index in [9.17, 15) is 14.0 Å². The van der Waals surface area contributed by atoms with Crippen LogP contribution in [0.3, 0.4) is 0 Å². The van der Waals surface area contributed by atoms with Crippen molar-refractivity contribution in [3.8, 4) is 5.75 Å². The third-order valence-corrected chi connectivity index (χ3v) is 5.69. The normalized spacial score (nSPS) is 11.7. The SMILES string of the molecule is CCc1ccc(OCC(=O)N(Cc2ccccc2F)[C@H](Cc2ccccc2)C(=O)NC(C)C)cc1. The molecule has 0 radical (unpaired) electrons. The fourth-order valence-corrected chi connectivity index (χ4v) is 3.79. The van der Waals surface area contributed by atoms with Gasteiger partial charge in [-0.25, -0.2) is 4.39 Å². The Balaban J connectivity index is 1.89. The molecule has 0 heterocycles. The van der Waals surface area contributed by atoms with Crippen LogP contribution < -0.4 is 10.1 Å². The number of carbonyl (C=O) groups excluding carboxylic acids is 2. The molecule has 0 bridgehead atoms. The minimum absolute atomic E-state index is 0.0490. The number of hydrogen-bond donors (Lipinski definition) is 1. The second-order valence-electron chi connectivity index (χ2n) is 8.77. The van der Waals surface area contributed by atoms with E-state index in [1.807, 2.05) is 68.4 Å². The maximum absolute atomic E-state index is 14.6. The molecule has 3 rings (SSSR count). The topological polar surface area (TPSA) is 58.6 Å². The molecule has 6 heteroatoms. The Morgan fingerprint density at radius 3 is 2.20 bits per heavy atom. The van der Waals surface area contributed by atoms with Crippen LogP contribution in [0.2, 0.25) is 0 Å². The van der Waals surface area contributed by atoms with Crippen LogP contribution >= 0.6 is 0 Å². The van der Waals surface area contributed by atoms with E-state index < -0.39 is 17.8 Å². The van der Waals surface area contributed by atoms with Gasteiger partial charge in [-0.05, 0) is 49.6 Å². The minimum Gasteiger partial charge on any atom is -0.484 e. The number of benzene rings is 3. The molecule has 5 nitrogen and oxygen atoms in total. The van der Waals surface area contributed by atoms with Crippen molar-refractivity contribution < 1.29 is 18.7 Å². The van der Waals surface area contributed by atoms with Crippen molar-refractivity contribution in [3.63, 3.8) is 0 Å². The summed E-state index contributed by atoms with van der Waals surface area (Å²) in [6.07, 6.45) is 1.20. The molecule has 0 fully saturated rings. The predicted molar refractivity (Wildman–Crippen MR) is 135 cm³/mol. The van der Waals surface area contributed by atoms with E-state index in [4.69, 9.17) is 4.74 Å². The summed E-state index contributed by atoms with van der Waals surface area (Å²) in [6, 6.07) is 22.4. The zero-order valence-electron chi connectivity index (χ0n) is 20.5. The van der Waals surface area contributed by atoms with Gasteiger partial charge < -0.3 is 15.0 Å². The number of halogens is 1. The number of ether oxygens (including phenoxy) is 1. The first-order valence-electron chi connectivity index (χ1n) is 12.0. The standard InChI is InChI=1S/C29H33FN2O3/c1-4-22-14-16-25(17-15-22)35-20-28(33)32(19-24-12-8-9-13-26(24)30)27(29(34)31-21(2)3)18-23-10-6-5-7-11-23/h5-17,21,27H,4,18-20H2,1-3H3,(H,31,34)/t27-/m1/s1. The lowest BCUT2D eigenvalue weighted by Gasteiger charge is -2.32. The highest BCUT2D eigenvalue weighted by Crippen LogP contribution is 2.18. The van der Waals surface area contributed by atoms with Gasteiger partial charge in [-0.15, -0.1) is 0 Å². The number of aryl methyl sites for hydroxylation is 1.